The molecule has 2 rings (SSSR count). The molecule has 0 saturated heterocycles. The van der Waals surface area contributed by atoms with Crippen LogP contribution in [-0.2, 0) is 22.7 Å². The molecule has 0 radical (unpaired) electrons. The third-order valence-electron chi connectivity index (χ3n) is 2.40. The minimum absolute atomic E-state index is 0.0974. The zero-order chi connectivity index (χ0) is 13.5. The average molecular weight is 261 g/mol. The van der Waals surface area contributed by atoms with Crippen molar-refractivity contribution in [2.75, 3.05) is 6.61 Å². The fourth-order valence-electron chi connectivity index (χ4n) is 1.53. The van der Waals surface area contributed by atoms with Crippen molar-refractivity contribution in [2.45, 2.75) is 20.1 Å². The number of carbonyl (C=O) groups excluding carboxylic acids is 1. The highest BCUT2D eigenvalue weighted by atomic mass is 16.6. The van der Waals surface area contributed by atoms with Crippen molar-refractivity contribution in [3.05, 3.63) is 53.4 Å². The highest BCUT2D eigenvalue weighted by molar-refractivity contribution is 5.86. The Bertz CT molecular complexity index is 521. The van der Waals surface area contributed by atoms with Crippen LogP contribution in [0.3, 0.4) is 0 Å². The van der Waals surface area contributed by atoms with E-state index in [0.29, 0.717) is 18.9 Å². The van der Waals surface area contributed by atoms with Gasteiger partial charge in [-0.3, -0.25) is 0 Å². The van der Waals surface area contributed by atoms with Gasteiger partial charge in [-0.15, -0.1) is 0 Å². The molecule has 2 aromatic rings. The highest BCUT2D eigenvalue weighted by Gasteiger charge is 2.13. The first-order valence-corrected chi connectivity index (χ1v) is 6.04. The minimum atomic E-state index is -0.510. The van der Waals surface area contributed by atoms with Gasteiger partial charge in [-0.2, -0.15) is 0 Å². The van der Waals surface area contributed by atoms with Gasteiger partial charge in [-0.25, -0.2) is 4.79 Å². The molecule has 19 heavy (non-hydrogen) atoms. The molecular weight excluding hydrogens is 246 g/mol. The normalized spacial score (nSPS) is 10.4. The Hall–Kier alpha value is -2.14. The third kappa shape index (κ3) is 3.93. The average Bonchev–Trinajstić information content (AvgIpc) is 2.89. The van der Waals surface area contributed by atoms with E-state index in [-0.39, 0.29) is 12.4 Å². The first kappa shape index (κ1) is 13.3. The number of benzene rings is 1. The van der Waals surface area contributed by atoms with Gasteiger partial charge in [0.1, 0.15) is 5.69 Å². The maximum absolute atomic E-state index is 11.4. The van der Waals surface area contributed by atoms with Crippen molar-refractivity contribution in [1.29, 1.82) is 0 Å². The highest BCUT2D eigenvalue weighted by Crippen LogP contribution is 2.08. The van der Waals surface area contributed by atoms with Crippen LogP contribution in [0.2, 0.25) is 0 Å². The molecule has 0 atom stereocenters. The summed E-state index contributed by atoms with van der Waals surface area (Å²) in [6.45, 7) is 2.82. The van der Waals surface area contributed by atoms with Crippen molar-refractivity contribution < 1.29 is 18.8 Å². The molecule has 0 fully saturated rings. The van der Waals surface area contributed by atoms with Gasteiger partial charge in [0.25, 0.3) is 0 Å². The molecule has 0 amide bonds. The van der Waals surface area contributed by atoms with Crippen LogP contribution in [-0.4, -0.2) is 17.7 Å². The van der Waals surface area contributed by atoms with Gasteiger partial charge in [-0.1, -0.05) is 35.5 Å². The SMILES string of the molecule is CCOC(=O)c1cc(COCc2ccccc2)no1. The van der Waals surface area contributed by atoms with Crippen LogP contribution in [0.25, 0.3) is 0 Å². The molecule has 0 aliphatic heterocycles. The molecule has 0 aliphatic rings. The zero-order valence-corrected chi connectivity index (χ0v) is 10.7. The summed E-state index contributed by atoms with van der Waals surface area (Å²) in [5, 5.41) is 3.75. The summed E-state index contributed by atoms with van der Waals surface area (Å²) in [6.07, 6.45) is 0. The van der Waals surface area contributed by atoms with Crippen molar-refractivity contribution >= 4 is 5.97 Å². The number of rotatable bonds is 6. The monoisotopic (exact) mass is 261 g/mol. The number of carbonyl (C=O) groups is 1. The number of nitrogens with zero attached hydrogens (tertiary/aromatic N) is 1. The van der Waals surface area contributed by atoms with Gasteiger partial charge < -0.3 is 14.0 Å². The largest absolute Gasteiger partial charge is 0.460 e. The Morgan fingerprint density at radius 1 is 1.26 bits per heavy atom. The maximum atomic E-state index is 11.4. The van der Waals surface area contributed by atoms with E-state index in [0.717, 1.165) is 5.56 Å². The molecule has 0 N–H and O–H groups in total. The van der Waals surface area contributed by atoms with E-state index in [9.17, 15) is 4.79 Å². The molecule has 100 valence electrons. The van der Waals surface area contributed by atoms with Crippen LogP contribution in [0.4, 0.5) is 0 Å². The van der Waals surface area contributed by atoms with Gasteiger partial charge in [0.05, 0.1) is 19.8 Å². The summed E-state index contributed by atoms with van der Waals surface area (Å²) >= 11 is 0. The second-order valence-corrected chi connectivity index (χ2v) is 3.88. The Morgan fingerprint density at radius 3 is 2.79 bits per heavy atom. The van der Waals surface area contributed by atoms with Crippen molar-refractivity contribution in [3.8, 4) is 0 Å². The van der Waals surface area contributed by atoms with E-state index in [4.69, 9.17) is 14.0 Å². The number of hydrogen-bond donors (Lipinski definition) is 0. The predicted octanol–water partition coefficient (Wildman–Crippen LogP) is 2.57. The third-order valence-corrected chi connectivity index (χ3v) is 2.40. The van der Waals surface area contributed by atoms with Gasteiger partial charge in [0, 0.05) is 6.07 Å². The first-order chi connectivity index (χ1) is 9.29. The number of esters is 1. The standard InChI is InChI=1S/C14H15NO4/c1-2-18-14(16)13-8-12(15-19-13)10-17-9-11-6-4-3-5-7-11/h3-8H,2,9-10H2,1H3. The van der Waals surface area contributed by atoms with Crippen LogP contribution in [0.5, 0.6) is 0 Å². The molecule has 1 aromatic carbocycles. The molecule has 0 saturated carbocycles. The molecule has 0 spiro atoms. The van der Waals surface area contributed by atoms with E-state index in [2.05, 4.69) is 5.16 Å². The van der Waals surface area contributed by atoms with Crippen LogP contribution < -0.4 is 0 Å². The summed E-state index contributed by atoms with van der Waals surface area (Å²) in [4.78, 5) is 11.4. The predicted molar refractivity (Wildman–Crippen MR) is 67.4 cm³/mol. The molecule has 0 aliphatic carbocycles. The fraction of sp³-hybridized carbons (Fsp3) is 0.286. The van der Waals surface area contributed by atoms with E-state index < -0.39 is 5.97 Å². The second kappa shape index (κ2) is 6.70. The van der Waals surface area contributed by atoms with Gasteiger partial charge >= 0.3 is 5.97 Å². The van der Waals surface area contributed by atoms with Crippen molar-refractivity contribution in [1.82, 2.24) is 5.16 Å². The number of aromatic nitrogens is 1. The Morgan fingerprint density at radius 2 is 2.05 bits per heavy atom. The molecule has 0 bridgehead atoms. The summed E-state index contributed by atoms with van der Waals surface area (Å²) in [7, 11) is 0. The summed E-state index contributed by atoms with van der Waals surface area (Å²) in [6, 6.07) is 11.3. The molecular formula is C14H15NO4. The Labute approximate surface area is 111 Å². The molecule has 0 unspecified atom stereocenters. The number of hydrogen-bond acceptors (Lipinski definition) is 5. The minimum Gasteiger partial charge on any atom is -0.460 e. The molecule has 1 aromatic heterocycles. The summed E-state index contributed by atoms with van der Waals surface area (Å²) in [5.74, 6) is -0.413. The van der Waals surface area contributed by atoms with Gasteiger partial charge in [0.15, 0.2) is 0 Å². The van der Waals surface area contributed by atoms with E-state index in [1.54, 1.807) is 6.92 Å². The van der Waals surface area contributed by atoms with Crippen LogP contribution in [0, 0.1) is 0 Å². The lowest BCUT2D eigenvalue weighted by Gasteiger charge is -2.01. The van der Waals surface area contributed by atoms with E-state index in [1.165, 1.54) is 6.07 Å². The van der Waals surface area contributed by atoms with Crippen LogP contribution in [0.15, 0.2) is 40.9 Å². The summed E-state index contributed by atoms with van der Waals surface area (Å²) < 4.78 is 15.2. The first-order valence-electron chi connectivity index (χ1n) is 6.04. The van der Waals surface area contributed by atoms with Crippen molar-refractivity contribution in [2.24, 2.45) is 0 Å². The summed E-state index contributed by atoms with van der Waals surface area (Å²) in [5.41, 5.74) is 1.65. The molecule has 1 heterocycles. The quantitative estimate of drug-likeness (QED) is 0.748. The lowest BCUT2D eigenvalue weighted by atomic mass is 10.2. The topological polar surface area (TPSA) is 61.6 Å². The smallest absolute Gasteiger partial charge is 0.377 e. The Kier molecular flexibility index (Phi) is 4.69. The lowest BCUT2D eigenvalue weighted by Crippen LogP contribution is -2.02. The van der Waals surface area contributed by atoms with E-state index >= 15 is 0 Å². The lowest BCUT2D eigenvalue weighted by molar-refractivity contribution is 0.0479. The van der Waals surface area contributed by atoms with Gasteiger partial charge in [-0.05, 0) is 12.5 Å². The van der Waals surface area contributed by atoms with Crippen LogP contribution >= 0.6 is 0 Å². The van der Waals surface area contributed by atoms with Gasteiger partial charge in [0.2, 0.25) is 5.76 Å². The number of ether oxygens (including phenoxy) is 2. The zero-order valence-electron chi connectivity index (χ0n) is 10.7. The fourth-order valence-corrected chi connectivity index (χ4v) is 1.53. The van der Waals surface area contributed by atoms with Crippen molar-refractivity contribution in [3.63, 3.8) is 0 Å². The van der Waals surface area contributed by atoms with Crippen LogP contribution in [0.1, 0.15) is 28.7 Å². The second-order valence-electron chi connectivity index (χ2n) is 3.88. The molecule has 5 heteroatoms. The van der Waals surface area contributed by atoms with E-state index in [1.807, 2.05) is 30.3 Å². The molecule has 5 nitrogen and oxygen atoms in total. The maximum Gasteiger partial charge on any atom is 0.377 e. The Balaban J connectivity index is 1.82.